The first-order chi connectivity index (χ1) is 11.7. The van der Waals surface area contributed by atoms with E-state index in [2.05, 4.69) is 5.32 Å². The van der Waals surface area contributed by atoms with Crippen molar-refractivity contribution in [1.29, 1.82) is 0 Å². The molecule has 1 fully saturated rings. The highest BCUT2D eigenvalue weighted by Gasteiger charge is 2.51. The highest BCUT2D eigenvalue weighted by atomic mass is 19.1. The third-order valence-electron chi connectivity index (χ3n) is 4.64. The molecule has 0 spiro atoms. The van der Waals surface area contributed by atoms with Crippen molar-refractivity contribution in [1.82, 2.24) is 5.32 Å². The lowest BCUT2D eigenvalue weighted by atomic mass is 9.95. The predicted molar refractivity (Wildman–Crippen MR) is 86.7 cm³/mol. The Labute approximate surface area is 139 Å². The second kappa shape index (κ2) is 5.82. The van der Waals surface area contributed by atoms with Crippen LogP contribution in [0.4, 0.5) is 4.39 Å². The Kier molecular flexibility index (Phi) is 3.63. The number of nitrogens with one attached hydrogen (secondary N) is 1. The van der Waals surface area contributed by atoms with E-state index in [0.29, 0.717) is 18.9 Å². The van der Waals surface area contributed by atoms with E-state index < -0.39 is 5.41 Å². The molecule has 1 heterocycles. The van der Waals surface area contributed by atoms with Crippen molar-refractivity contribution in [2.75, 3.05) is 13.2 Å². The van der Waals surface area contributed by atoms with Crippen molar-refractivity contribution in [3.63, 3.8) is 0 Å². The Morgan fingerprint density at radius 3 is 2.54 bits per heavy atom. The minimum absolute atomic E-state index is 0.0310. The molecule has 1 amide bonds. The Morgan fingerprint density at radius 1 is 1.12 bits per heavy atom. The van der Waals surface area contributed by atoms with Crippen LogP contribution in [0.5, 0.6) is 11.5 Å². The quantitative estimate of drug-likeness (QED) is 0.939. The summed E-state index contributed by atoms with van der Waals surface area (Å²) in [6.07, 6.45) is 1.36. The number of carbonyl (C=O) groups is 1. The standard InChI is InChI=1S/C19H18FNO3/c20-14-7-5-13(6-8-14)19(9-10-19)18(22)21-11-15-12-23-16-3-1-2-4-17(16)24-15/h1-8,15H,9-12H2,(H,21,22). The molecule has 1 unspecified atom stereocenters. The second-order valence-corrected chi connectivity index (χ2v) is 6.30. The maximum absolute atomic E-state index is 13.1. The van der Waals surface area contributed by atoms with Crippen LogP contribution in [0.2, 0.25) is 0 Å². The van der Waals surface area contributed by atoms with Gasteiger partial charge in [-0.2, -0.15) is 0 Å². The van der Waals surface area contributed by atoms with Crippen LogP contribution in [0.15, 0.2) is 48.5 Å². The van der Waals surface area contributed by atoms with Gasteiger partial charge in [0, 0.05) is 0 Å². The van der Waals surface area contributed by atoms with Gasteiger partial charge in [0.2, 0.25) is 5.91 Å². The summed E-state index contributed by atoms with van der Waals surface area (Å²) in [5, 5.41) is 2.96. The zero-order valence-electron chi connectivity index (χ0n) is 13.1. The summed E-state index contributed by atoms with van der Waals surface area (Å²) < 4.78 is 24.6. The molecular weight excluding hydrogens is 309 g/mol. The van der Waals surface area contributed by atoms with Crippen molar-refractivity contribution in [2.24, 2.45) is 0 Å². The number of para-hydroxylation sites is 2. The fourth-order valence-electron chi connectivity index (χ4n) is 3.08. The van der Waals surface area contributed by atoms with Crippen LogP contribution in [0.1, 0.15) is 18.4 Å². The van der Waals surface area contributed by atoms with Crippen LogP contribution in [-0.2, 0) is 10.2 Å². The minimum atomic E-state index is -0.513. The summed E-state index contributed by atoms with van der Waals surface area (Å²) in [5.74, 6) is 1.10. The Bertz CT molecular complexity index is 755. The van der Waals surface area contributed by atoms with Gasteiger partial charge in [-0.15, -0.1) is 0 Å². The lowest BCUT2D eigenvalue weighted by molar-refractivity contribution is -0.124. The van der Waals surface area contributed by atoms with Crippen LogP contribution < -0.4 is 14.8 Å². The number of hydrogen-bond acceptors (Lipinski definition) is 3. The van der Waals surface area contributed by atoms with E-state index in [9.17, 15) is 9.18 Å². The van der Waals surface area contributed by atoms with E-state index in [1.807, 2.05) is 24.3 Å². The van der Waals surface area contributed by atoms with E-state index in [1.165, 1.54) is 12.1 Å². The topological polar surface area (TPSA) is 47.6 Å². The number of amides is 1. The number of halogens is 1. The maximum Gasteiger partial charge on any atom is 0.230 e. The molecule has 1 aliphatic heterocycles. The predicted octanol–water partition coefficient (Wildman–Crippen LogP) is 2.81. The zero-order chi connectivity index (χ0) is 16.6. The van der Waals surface area contributed by atoms with Gasteiger partial charge in [0.05, 0.1) is 12.0 Å². The summed E-state index contributed by atoms with van der Waals surface area (Å²) in [5.41, 5.74) is 0.355. The molecule has 0 bridgehead atoms. The molecule has 0 aromatic heterocycles. The summed E-state index contributed by atoms with van der Waals surface area (Å²) in [6.45, 7) is 0.789. The smallest absolute Gasteiger partial charge is 0.230 e. The highest BCUT2D eigenvalue weighted by molar-refractivity contribution is 5.91. The summed E-state index contributed by atoms with van der Waals surface area (Å²) >= 11 is 0. The summed E-state index contributed by atoms with van der Waals surface area (Å²) in [7, 11) is 0. The van der Waals surface area contributed by atoms with Gasteiger partial charge in [-0.05, 0) is 42.7 Å². The Hall–Kier alpha value is -2.56. The van der Waals surface area contributed by atoms with E-state index in [-0.39, 0.29) is 17.8 Å². The minimum Gasteiger partial charge on any atom is -0.486 e. The van der Waals surface area contributed by atoms with Gasteiger partial charge < -0.3 is 14.8 Å². The van der Waals surface area contributed by atoms with E-state index in [1.54, 1.807) is 12.1 Å². The van der Waals surface area contributed by atoms with Crippen molar-refractivity contribution < 1.29 is 18.7 Å². The van der Waals surface area contributed by atoms with Gasteiger partial charge in [0.15, 0.2) is 11.5 Å². The molecule has 124 valence electrons. The van der Waals surface area contributed by atoms with Gasteiger partial charge in [0.25, 0.3) is 0 Å². The molecule has 0 saturated heterocycles. The van der Waals surface area contributed by atoms with Gasteiger partial charge >= 0.3 is 0 Å². The van der Waals surface area contributed by atoms with Crippen LogP contribution in [0.25, 0.3) is 0 Å². The molecule has 4 nitrogen and oxygen atoms in total. The first-order valence-electron chi connectivity index (χ1n) is 8.10. The van der Waals surface area contributed by atoms with E-state index in [0.717, 1.165) is 24.2 Å². The van der Waals surface area contributed by atoms with Gasteiger partial charge in [-0.3, -0.25) is 4.79 Å². The van der Waals surface area contributed by atoms with Gasteiger partial charge in [-0.1, -0.05) is 24.3 Å². The van der Waals surface area contributed by atoms with Crippen LogP contribution >= 0.6 is 0 Å². The van der Waals surface area contributed by atoms with E-state index in [4.69, 9.17) is 9.47 Å². The molecule has 2 aromatic carbocycles. The first-order valence-corrected chi connectivity index (χ1v) is 8.10. The third-order valence-corrected chi connectivity index (χ3v) is 4.64. The molecular formula is C19H18FNO3. The lowest BCUT2D eigenvalue weighted by Gasteiger charge is -2.27. The molecule has 4 rings (SSSR count). The molecule has 2 aliphatic rings. The number of rotatable bonds is 4. The second-order valence-electron chi connectivity index (χ2n) is 6.30. The Morgan fingerprint density at radius 2 is 1.83 bits per heavy atom. The number of carbonyl (C=O) groups excluding carboxylic acids is 1. The van der Waals surface area contributed by atoms with Crippen molar-refractivity contribution in [3.8, 4) is 11.5 Å². The van der Waals surface area contributed by atoms with Gasteiger partial charge in [-0.25, -0.2) is 4.39 Å². The molecule has 1 N–H and O–H groups in total. The third kappa shape index (κ3) is 2.70. The van der Waals surface area contributed by atoms with E-state index >= 15 is 0 Å². The zero-order valence-corrected chi connectivity index (χ0v) is 13.1. The molecule has 1 atom stereocenters. The Balaban J connectivity index is 1.38. The first kappa shape index (κ1) is 15.0. The molecule has 2 aromatic rings. The normalized spacial score (nSPS) is 20.3. The number of ether oxygens (including phenoxy) is 2. The van der Waals surface area contributed by atoms with Crippen LogP contribution in [0, 0.1) is 5.82 Å². The fourth-order valence-corrected chi connectivity index (χ4v) is 3.08. The number of fused-ring (bicyclic) bond motifs is 1. The fraction of sp³-hybridized carbons (Fsp3) is 0.316. The van der Waals surface area contributed by atoms with Crippen molar-refractivity contribution in [2.45, 2.75) is 24.4 Å². The molecule has 1 saturated carbocycles. The van der Waals surface area contributed by atoms with Crippen LogP contribution in [-0.4, -0.2) is 25.2 Å². The average molecular weight is 327 g/mol. The molecule has 0 radical (unpaired) electrons. The molecule has 5 heteroatoms. The summed E-state index contributed by atoms with van der Waals surface area (Å²) in [4.78, 5) is 12.6. The largest absolute Gasteiger partial charge is 0.486 e. The number of hydrogen-bond donors (Lipinski definition) is 1. The monoisotopic (exact) mass is 327 g/mol. The van der Waals surface area contributed by atoms with Crippen molar-refractivity contribution >= 4 is 5.91 Å². The SMILES string of the molecule is O=C(NCC1COc2ccccc2O1)C1(c2ccc(F)cc2)CC1. The highest BCUT2D eigenvalue weighted by Crippen LogP contribution is 2.48. The molecule has 24 heavy (non-hydrogen) atoms. The maximum atomic E-state index is 13.1. The van der Waals surface area contributed by atoms with Gasteiger partial charge in [0.1, 0.15) is 18.5 Å². The number of benzene rings is 2. The molecule has 1 aliphatic carbocycles. The lowest BCUT2D eigenvalue weighted by Crippen LogP contribution is -2.44. The van der Waals surface area contributed by atoms with Crippen LogP contribution in [0.3, 0.4) is 0 Å². The average Bonchev–Trinajstić information content (AvgIpc) is 3.42. The summed E-state index contributed by atoms with van der Waals surface area (Å²) in [6, 6.07) is 13.7. The van der Waals surface area contributed by atoms with Crippen molar-refractivity contribution in [3.05, 3.63) is 59.9 Å².